The van der Waals surface area contributed by atoms with Crippen molar-refractivity contribution in [1.82, 2.24) is 9.91 Å². The van der Waals surface area contributed by atoms with Crippen LogP contribution in [0.2, 0.25) is 0 Å². The van der Waals surface area contributed by atoms with E-state index in [9.17, 15) is 24.3 Å². The minimum Gasteiger partial charge on any atom is -0.502 e. The number of nitrogens with two attached hydrogens (primary N) is 1. The van der Waals surface area contributed by atoms with Crippen LogP contribution in [0.25, 0.3) is 6.08 Å². The molecule has 12 heteroatoms. The summed E-state index contributed by atoms with van der Waals surface area (Å²) >= 11 is 0. The van der Waals surface area contributed by atoms with E-state index >= 15 is 4.79 Å². The van der Waals surface area contributed by atoms with Gasteiger partial charge in [0.2, 0.25) is 17.6 Å². The van der Waals surface area contributed by atoms with Crippen LogP contribution in [0, 0.1) is 36.5 Å². The molecule has 0 aromatic heterocycles. The van der Waals surface area contributed by atoms with E-state index < -0.39 is 64.7 Å². The number of benzene rings is 3. The van der Waals surface area contributed by atoms with E-state index in [2.05, 4.69) is 5.43 Å². The Hall–Kier alpha value is -5.91. The number of nitrogens with one attached hydrogen (secondary N) is 1. The number of urea groups is 1. The number of ether oxygens (including phenoxy) is 2. The van der Waals surface area contributed by atoms with Crippen molar-refractivity contribution in [1.29, 1.82) is 0 Å². The molecule has 2 heterocycles. The molecule has 6 amide bonds. The minimum absolute atomic E-state index is 0.0787. The van der Waals surface area contributed by atoms with E-state index in [-0.39, 0.29) is 30.1 Å². The number of carbonyl (C=O) groups excluding carboxylic acids is 5. The lowest BCUT2D eigenvalue weighted by molar-refractivity contribution is -0.139. The Bertz CT molecular complexity index is 1970. The highest BCUT2D eigenvalue weighted by molar-refractivity contribution is 6.17. The number of aromatic hydroxyl groups is 1. The maximum Gasteiger partial charge on any atom is 0.328 e. The standard InChI is InChI=1S/C38H36N4O8/c1-20-9-12-23(13-10-20)40-42-34(45)28-19-26-24(14-15-25-31(26)35(46)41(33(25)44)37(39)48)27(38(28,36(42)47)22-7-5-4-6-8-22)16-11-21-17-29(49-2)32(43)30(18-21)50-3/h4-14,16-18,25-28,31,40,43H,15,19H2,1-3H3,(H2,39,48). The zero-order valence-corrected chi connectivity index (χ0v) is 27.7. The summed E-state index contributed by atoms with van der Waals surface area (Å²) in [4.78, 5) is 69.5. The first-order valence-corrected chi connectivity index (χ1v) is 16.3. The molecular weight excluding hydrogens is 640 g/mol. The van der Waals surface area contributed by atoms with Gasteiger partial charge in [0, 0.05) is 5.92 Å². The van der Waals surface area contributed by atoms with Crippen molar-refractivity contribution < 1.29 is 38.6 Å². The molecule has 0 spiro atoms. The molecule has 2 saturated heterocycles. The van der Waals surface area contributed by atoms with Crippen LogP contribution in [0.1, 0.15) is 29.5 Å². The van der Waals surface area contributed by atoms with Gasteiger partial charge in [-0.15, -0.1) is 0 Å². The molecule has 12 nitrogen and oxygen atoms in total. The molecule has 3 fully saturated rings. The number of primary amides is 1. The molecule has 2 aliphatic carbocycles. The summed E-state index contributed by atoms with van der Waals surface area (Å²) in [5, 5.41) is 11.6. The predicted molar refractivity (Wildman–Crippen MR) is 181 cm³/mol. The molecule has 6 unspecified atom stereocenters. The van der Waals surface area contributed by atoms with Crippen molar-refractivity contribution in [3.8, 4) is 17.2 Å². The van der Waals surface area contributed by atoms with E-state index in [1.807, 2.05) is 61.5 Å². The lowest BCUT2D eigenvalue weighted by Crippen LogP contribution is -2.54. The summed E-state index contributed by atoms with van der Waals surface area (Å²) in [6, 6.07) is 18.5. The number of allylic oxidation sites excluding steroid dienone is 3. The second kappa shape index (κ2) is 12.2. The molecule has 256 valence electrons. The number of hydrogen-bond acceptors (Lipinski definition) is 9. The largest absolute Gasteiger partial charge is 0.502 e. The number of phenols is 1. The van der Waals surface area contributed by atoms with Gasteiger partial charge in [-0.1, -0.05) is 71.8 Å². The summed E-state index contributed by atoms with van der Waals surface area (Å²) in [7, 11) is 2.83. The van der Waals surface area contributed by atoms with Gasteiger partial charge in [0.15, 0.2) is 11.5 Å². The Labute approximate surface area is 288 Å². The van der Waals surface area contributed by atoms with Gasteiger partial charge in [-0.25, -0.2) is 4.79 Å². The Morgan fingerprint density at radius 3 is 2.22 bits per heavy atom. The number of amides is 6. The van der Waals surface area contributed by atoms with Gasteiger partial charge in [-0.05, 0) is 61.1 Å². The van der Waals surface area contributed by atoms with Crippen molar-refractivity contribution in [2.24, 2.45) is 35.3 Å². The lowest BCUT2D eigenvalue weighted by Gasteiger charge is -2.49. The number of methoxy groups -OCH3 is 2. The highest BCUT2D eigenvalue weighted by Gasteiger charge is 2.69. The monoisotopic (exact) mass is 676 g/mol. The third-order valence-electron chi connectivity index (χ3n) is 10.7. The second-order valence-corrected chi connectivity index (χ2v) is 13.1. The average Bonchev–Trinajstić information content (AvgIpc) is 3.50. The molecule has 0 radical (unpaired) electrons. The van der Waals surface area contributed by atoms with Gasteiger partial charge < -0.3 is 20.3 Å². The molecule has 7 rings (SSSR count). The molecular formula is C38H36N4O8. The Balaban J connectivity index is 1.43. The number of imide groups is 4. The number of aryl methyl sites for hydroxylation is 1. The third kappa shape index (κ3) is 4.77. The number of nitrogens with zero attached hydrogens (tertiary/aromatic N) is 2. The zero-order valence-electron chi connectivity index (χ0n) is 27.7. The van der Waals surface area contributed by atoms with Crippen LogP contribution in [0.4, 0.5) is 10.5 Å². The summed E-state index contributed by atoms with van der Waals surface area (Å²) in [6.07, 6.45) is 5.70. The summed E-state index contributed by atoms with van der Waals surface area (Å²) in [6.45, 7) is 1.93. The van der Waals surface area contributed by atoms with E-state index in [1.54, 1.807) is 30.3 Å². The first-order valence-electron chi connectivity index (χ1n) is 16.3. The van der Waals surface area contributed by atoms with Crippen LogP contribution in [0.5, 0.6) is 17.2 Å². The van der Waals surface area contributed by atoms with Crippen molar-refractivity contribution in [2.75, 3.05) is 19.6 Å². The van der Waals surface area contributed by atoms with Crippen LogP contribution in [-0.4, -0.2) is 58.9 Å². The number of carbonyl (C=O) groups is 5. The summed E-state index contributed by atoms with van der Waals surface area (Å²) < 4.78 is 10.7. The van der Waals surface area contributed by atoms with Gasteiger partial charge in [-0.3, -0.25) is 24.6 Å². The van der Waals surface area contributed by atoms with E-state index in [0.717, 1.165) is 10.6 Å². The highest BCUT2D eigenvalue weighted by atomic mass is 16.5. The van der Waals surface area contributed by atoms with E-state index in [0.29, 0.717) is 27.3 Å². The van der Waals surface area contributed by atoms with Crippen molar-refractivity contribution in [2.45, 2.75) is 25.2 Å². The van der Waals surface area contributed by atoms with Crippen LogP contribution in [0.15, 0.2) is 84.5 Å². The molecule has 3 aromatic carbocycles. The lowest BCUT2D eigenvalue weighted by atomic mass is 9.50. The van der Waals surface area contributed by atoms with Crippen LogP contribution < -0.4 is 20.6 Å². The number of hydrazine groups is 1. The van der Waals surface area contributed by atoms with Crippen molar-refractivity contribution in [3.63, 3.8) is 0 Å². The van der Waals surface area contributed by atoms with Gasteiger partial charge in [0.25, 0.3) is 11.8 Å². The Morgan fingerprint density at radius 2 is 1.60 bits per heavy atom. The van der Waals surface area contributed by atoms with Crippen molar-refractivity contribution >= 4 is 41.4 Å². The van der Waals surface area contributed by atoms with Gasteiger partial charge in [0.1, 0.15) is 0 Å². The average molecular weight is 677 g/mol. The molecule has 1 saturated carbocycles. The topological polar surface area (TPSA) is 169 Å². The fourth-order valence-corrected chi connectivity index (χ4v) is 8.43. The van der Waals surface area contributed by atoms with E-state index in [1.165, 1.54) is 14.2 Å². The van der Waals surface area contributed by atoms with Crippen molar-refractivity contribution in [3.05, 3.63) is 101 Å². The fourth-order valence-electron chi connectivity index (χ4n) is 8.43. The third-order valence-corrected chi connectivity index (χ3v) is 10.7. The zero-order chi connectivity index (χ0) is 35.5. The van der Waals surface area contributed by atoms with Gasteiger partial charge in [0.05, 0.1) is 43.1 Å². The second-order valence-electron chi connectivity index (χ2n) is 13.1. The first kappa shape index (κ1) is 32.6. The molecule has 50 heavy (non-hydrogen) atoms. The molecule has 3 aromatic rings. The van der Waals surface area contributed by atoms with Crippen LogP contribution in [0.3, 0.4) is 0 Å². The quantitative estimate of drug-likeness (QED) is 0.244. The maximum atomic E-state index is 15.1. The highest BCUT2D eigenvalue weighted by Crippen LogP contribution is 2.61. The smallest absolute Gasteiger partial charge is 0.328 e. The Kier molecular flexibility index (Phi) is 7.96. The normalized spacial score (nSPS) is 27.2. The number of fused-ring (bicyclic) bond motifs is 4. The Morgan fingerprint density at radius 1 is 0.940 bits per heavy atom. The molecule has 2 aliphatic heterocycles. The number of hydrogen-bond donors (Lipinski definition) is 3. The minimum atomic E-state index is -1.46. The number of anilines is 1. The van der Waals surface area contributed by atoms with Crippen LogP contribution >= 0.6 is 0 Å². The molecule has 4 aliphatic rings. The number of rotatable bonds is 7. The summed E-state index contributed by atoms with van der Waals surface area (Å²) in [5.74, 6) is -6.28. The van der Waals surface area contributed by atoms with Gasteiger partial charge >= 0.3 is 6.03 Å². The fraction of sp³-hybridized carbons (Fsp3) is 0.289. The molecule has 4 N–H and O–H groups in total. The predicted octanol–water partition coefficient (Wildman–Crippen LogP) is 4.33. The number of phenolic OH excluding ortho intramolecular Hbond substituents is 1. The molecule has 0 bridgehead atoms. The number of likely N-dealkylation sites (tertiary alicyclic amines) is 1. The SMILES string of the molecule is COc1cc(C=CC2C3=CCC4C(=O)N(C(N)=O)C(=O)C4C3CC3C(=O)N(Nc4ccc(C)cc4)C(=O)C23c2ccccc2)cc(OC)c1O. The first-order chi connectivity index (χ1) is 24.0. The summed E-state index contributed by atoms with van der Waals surface area (Å²) in [5.41, 5.74) is 10.5. The van der Waals surface area contributed by atoms with E-state index in [4.69, 9.17) is 15.2 Å². The molecule has 6 atom stereocenters. The van der Waals surface area contributed by atoms with Gasteiger partial charge in [-0.2, -0.15) is 9.91 Å². The van der Waals surface area contributed by atoms with Crippen LogP contribution in [-0.2, 0) is 24.6 Å². The maximum absolute atomic E-state index is 15.1.